The Labute approximate surface area is 171 Å². The molecule has 2 aliphatic heterocycles. The molecule has 1 unspecified atom stereocenters. The first-order valence-electron chi connectivity index (χ1n) is 8.76. The largest absolute Gasteiger partial charge is 0.378 e. The fourth-order valence-electron chi connectivity index (χ4n) is 2.92. The van der Waals surface area contributed by atoms with E-state index in [4.69, 9.17) is 26.3 Å². The van der Waals surface area contributed by atoms with Crippen molar-refractivity contribution in [3.63, 3.8) is 0 Å². The summed E-state index contributed by atoms with van der Waals surface area (Å²) in [6, 6.07) is 13.9. The fraction of sp³-hybridized carbons (Fsp3) is 0.263. The lowest BCUT2D eigenvalue weighted by Gasteiger charge is -2.32. The molecule has 1 fully saturated rings. The summed E-state index contributed by atoms with van der Waals surface area (Å²) in [5.41, 5.74) is 1.83. The summed E-state index contributed by atoms with van der Waals surface area (Å²) in [6.45, 7) is 2.86. The first-order valence-corrected chi connectivity index (χ1v) is 10.0. The zero-order chi connectivity index (χ0) is 19.5. The molecule has 0 amide bonds. The smallest absolute Gasteiger partial charge is 0.269 e. The van der Waals surface area contributed by atoms with E-state index < -0.39 is 4.92 Å². The van der Waals surface area contributed by atoms with Crippen LogP contribution in [0.2, 0.25) is 5.02 Å². The standard InChI is InChI=1S/C19H17ClN4O3S/c20-15-5-1-13(2-6-15)17-21-18(14-3-7-16(8-4-14)24(25)26)28-19(22-17)23-9-11-27-12-10-23/h1-8,18H,9-12H2. The van der Waals surface area contributed by atoms with Gasteiger partial charge in [-0.1, -0.05) is 23.4 Å². The van der Waals surface area contributed by atoms with Crippen LogP contribution in [0.5, 0.6) is 0 Å². The fourth-order valence-corrected chi connectivity index (χ4v) is 4.17. The molecule has 1 saturated heterocycles. The van der Waals surface area contributed by atoms with E-state index in [0.29, 0.717) is 24.1 Å². The van der Waals surface area contributed by atoms with Crippen LogP contribution in [0.3, 0.4) is 0 Å². The molecule has 28 heavy (non-hydrogen) atoms. The Hall–Kier alpha value is -2.42. The predicted molar refractivity (Wildman–Crippen MR) is 111 cm³/mol. The minimum atomic E-state index is -0.402. The third-order valence-electron chi connectivity index (χ3n) is 4.43. The molecule has 9 heteroatoms. The molecule has 0 N–H and O–H groups in total. The van der Waals surface area contributed by atoms with Gasteiger partial charge in [-0.25, -0.2) is 9.98 Å². The number of hydrogen-bond acceptors (Lipinski definition) is 7. The van der Waals surface area contributed by atoms with Gasteiger partial charge in [-0.05, 0) is 42.0 Å². The summed E-state index contributed by atoms with van der Waals surface area (Å²) in [6.07, 6.45) is 0. The molecular weight excluding hydrogens is 400 g/mol. The van der Waals surface area contributed by atoms with Crippen LogP contribution in [0.15, 0.2) is 58.5 Å². The molecule has 0 bridgehead atoms. The van der Waals surface area contributed by atoms with Crippen molar-refractivity contribution in [1.82, 2.24) is 4.90 Å². The Kier molecular flexibility index (Phi) is 5.61. The first-order chi connectivity index (χ1) is 13.6. The lowest BCUT2D eigenvalue weighted by Crippen LogP contribution is -2.40. The maximum atomic E-state index is 10.9. The summed E-state index contributed by atoms with van der Waals surface area (Å²) < 4.78 is 5.45. The molecule has 0 aromatic heterocycles. The van der Waals surface area contributed by atoms with E-state index >= 15 is 0 Å². The molecule has 2 aliphatic rings. The van der Waals surface area contributed by atoms with E-state index in [0.717, 1.165) is 29.4 Å². The number of hydrogen-bond donors (Lipinski definition) is 0. The van der Waals surface area contributed by atoms with Gasteiger partial charge in [0, 0.05) is 35.8 Å². The van der Waals surface area contributed by atoms with Gasteiger partial charge in [-0.2, -0.15) is 0 Å². The van der Waals surface area contributed by atoms with Crippen LogP contribution < -0.4 is 0 Å². The highest BCUT2D eigenvalue weighted by Crippen LogP contribution is 2.37. The van der Waals surface area contributed by atoms with Crippen LogP contribution in [-0.4, -0.2) is 47.1 Å². The molecule has 1 atom stereocenters. The number of morpholine rings is 1. The summed E-state index contributed by atoms with van der Waals surface area (Å²) in [5, 5.41) is 12.2. The molecule has 2 heterocycles. The summed E-state index contributed by atoms with van der Waals surface area (Å²) in [7, 11) is 0. The Morgan fingerprint density at radius 2 is 1.79 bits per heavy atom. The maximum Gasteiger partial charge on any atom is 0.269 e. The van der Waals surface area contributed by atoms with Crippen LogP contribution in [0.25, 0.3) is 0 Å². The molecule has 0 aliphatic carbocycles. The van der Waals surface area contributed by atoms with Gasteiger partial charge in [0.05, 0.1) is 18.1 Å². The normalized spacial score (nSPS) is 19.8. The Morgan fingerprint density at radius 3 is 2.43 bits per heavy atom. The van der Waals surface area contributed by atoms with Crippen molar-refractivity contribution >= 4 is 40.1 Å². The number of nitro benzene ring substituents is 1. The van der Waals surface area contributed by atoms with E-state index in [9.17, 15) is 10.1 Å². The molecule has 7 nitrogen and oxygen atoms in total. The van der Waals surface area contributed by atoms with Crippen LogP contribution in [-0.2, 0) is 4.74 Å². The number of ether oxygens (including phenoxy) is 1. The molecule has 0 radical (unpaired) electrons. The van der Waals surface area contributed by atoms with E-state index in [-0.39, 0.29) is 11.1 Å². The molecule has 2 aromatic carbocycles. The minimum Gasteiger partial charge on any atom is -0.378 e. The number of non-ortho nitro benzene ring substituents is 1. The highest BCUT2D eigenvalue weighted by Gasteiger charge is 2.26. The Bertz CT molecular complexity index is 925. The molecule has 0 saturated carbocycles. The Balaban J connectivity index is 1.68. The minimum absolute atomic E-state index is 0.0635. The number of rotatable bonds is 3. The molecule has 144 valence electrons. The number of amidine groups is 2. The van der Waals surface area contributed by atoms with Gasteiger partial charge in [-0.15, -0.1) is 0 Å². The zero-order valence-electron chi connectivity index (χ0n) is 14.8. The third kappa shape index (κ3) is 4.19. The quantitative estimate of drug-likeness (QED) is 0.555. The highest BCUT2D eigenvalue weighted by atomic mass is 35.5. The van der Waals surface area contributed by atoms with E-state index in [2.05, 4.69) is 4.90 Å². The Morgan fingerprint density at radius 1 is 1.11 bits per heavy atom. The monoisotopic (exact) mass is 416 g/mol. The maximum absolute atomic E-state index is 10.9. The lowest BCUT2D eigenvalue weighted by molar-refractivity contribution is -0.384. The molecule has 2 aromatic rings. The van der Waals surface area contributed by atoms with Gasteiger partial charge >= 0.3 is 0 Å². The number of benzene rings is 2. The van der Waals surface area contributed by atoms with Gasteiger partial charge in [0.1, 0.15) is 5.37 Å². The van der Waals surface area contributed by atoms with Crippen LogP contribution >= 0.6 is 23.4 Å². The van der Waals surface area contributed by atoms with Crippen LogP contribution in [0.1, 0.15) is 16.5 Å². The van der Waals surface area contributed by atoms with Gasteiger partial charge in [0.15, 0.2) is 11.0 Å². The zero-order valence-corrected chi connectivity index (χ0v) is 16.4. The number of nitrogens with zero attached hydrogens (tertiary/aromatic N) is 4. The molecule has 0 spiro atoms. The van der Waals surface area contributed by atoms with Crippen LogP contribution in [0, 0.1) is 10.1 Å². The average Bonchev–Trinajstić information content (AvgIpc) is 2.74. The molecular formula is C19H17ClN4O3S. The highest BCUT2D eigenvalue weighted by molar-refractivity contribution is 8.14. The second-order valence-electron chi connectivity index (χ2n) is 6.27. The number of nitro groups is 1. The van der Waals surface area contributed by atoms with Crippen molar-refractivity contribution in [2.45, 2.75) is 5.37 Å². The SMILES string of the molecule is O=[N+]([O-])c1ccc(C2N=C(c3ccc(Cl)cc3)N=C(N3CCOCC3)S2)cc1. The number of thioether (sulfide) groups is 1. The molecule has 4 rings (SSSR count). The van der Waals surface area contributed by atoms with Crippen molar-refractivity contribution in [2.75, 3.05) is 26.3 Å². The van der Waals surface area contributed by atoms with E-state index in [1.165, 1.54) is 12.1 Å². The van der Waals surface area contributed by atoms with Gasteiger partial charge < -0.3 is 9.64 Å². The topological polar surface area (TPSA) is 80.3 Å². The number of aliphatic imine (C=N–C) groups is 2. The van der Waals surface area contributed by atoms with Gasteiger partial charge in [0.25, 0.3) is 5.69 Å². The second-order valence-corrected chi connectivity index (χ2v) is 7.76. The van der Waals surface area contributed by atoms with Crippen molar-refractivity contribution < 1.29 is 9.66 Å². The van der Waals surface area contributed by atoms with Crippen molar-refractivity contribution in [1.29, 1.82) is 0 Å². The summed E-state index contributed by atoms with van der Waals surface area (Å²) in [5.74, 6) is 0.625. The van der Waals surface area contributed by atoms with Crippen LogP contribution in [0.4, 0.5) is 5.69 Å². The van der Waals surface area contributed by atoms with E-state index in [1.807, 2.05) is 24.3 Å². The van der Waals surface area contributed by atoms with E-state index in [1.54, 1.807) is 23.9 Å². The van der Waals surface area contributed by atoms with Crippen molar-refractivity contribution in [3.8, 4) is 0 Å². The summed E-state index contributed by atoms with van der Waals surface area (Å²) in [4.78, 5) is 22.3. The number of halogens is 1. The lowest BCUT2D eigenvalue weighted by atomic mass is 10.2. The first kappa shape index (κ1) is 18.9. The van der Waals surface area contributed by atoms with Crippen molar-refractivity contribution in [3.05, 3.63) is 74.8 Å². The van der Waals surface area contributed by atoms with Gasteiger partial charge in [0.2, 0.25) is 0 Å². The third-order valence-corrected chi connectivity index (χ3v) is 5.84. The predicted octanol–water partition coefficient (Wildman–Crippen LogP) is 4.13. The van der Waals surface area contributed by atoms with Gasteiger partial charge in [-0.3, -0.25) is 10.1 Å². The average molecular weight is 417 g/mol. The van der Waals surface area contributed by atoms with Crippen molar-refractivity contribution in [2.24, 2.45) is 9.98 Å². The summed E-state index contributed by atoms with van der Waals surface area (Å²) >= 11 is 7.55. The second kappa shape index (κ2) is 8.30.